The number of rotatable bonds is 8. The maximum absolute atomic E-state index is 13.0. The first-order chi connectivity index (χ1) is 15.7. The van der Waals surface area contributed by atoms with E-state index >= 15 is 0 Å². The van der Waals surface area contributed by atoms with Gasteiger partial charge in [0.05, 0.1) is 43.6 Å². The molecule has 1 aliphatic heterocycles. The minimum Gasteiger partial charge on any atom is -0.507 e. The second-order valence-corrected chi connectivity index (χ2v) is 8.10. The van der Waals surface area contributed by atoms with E-state index in [1.807, 2.05) is 13.8 Å². The monoisotopic (exact) mass is 475 g/mol. The number of aliphatic hydroxyl groups excluding tert-OH is 1. The number of phenolic OH excluding ortho intramolecular Hbond substituents is 1. The molecule has 0 spiro atoms. The number of nitrogens with zero attached hydrogens (tertiary/aromatic N) is 1. The van der Waals surface area contributed by atoms with Crippen LogP contribution in [0.2, 0.25) is 5.02 Å². The number of aliphatic hydroxyl groups is 1. The minimum atomic E-state index is -0.946. The van der Waals surface area contributed by atoms with Crippen LogP contribution in [0.1, 0.15) is 31.0 Å². The Morgan fingerprint density at radius 1 is 1.09 bits per heavy atom. The van der Waals surface area contributed by atoms with Crippen LogP contribution in [0, 0.1) is 0 Å². The second kappa shape index (κ2) is 10.1. The van der Waals surface area contributed by atoms with Crippen LogP contribution in [0.5, 0.6) is 17.2 Å². The predicted molar refractivity (Wildman–Crippen MR) is 123 cm³/mol. The van der Waals surface area contributed by atoms with Gasteiger partial charge in [-0.2, -0.15) is 0 Å². The fourth-order valence-electron chi connectivity index (χ4n) is 3.69. The number of phenols is 1. The second-order valence-electron chi connectivity index (χ2n) is 7.69. The van der Waals surface area contributed by atoms with Crippen LogP contribution < -0.4 is 9.47 Å². The SMILES string of the molecule is COc1ccc(C2/C(=C(/O)c3ccc(OC)c(Cl)c3)C(=O)C(=O)N2CCOC(C)C)cc1O. The van der Waals surface area contributed by atoms with Gasteiger partial charge in [0.25, 0.3) is 11.7 Å². The zero-order valence-corrected chi connectivity index (χ0v) is 19.5. The molecule has 1 aliphatic rings. The van der Waals surface area contributed by atoms with Gasteiger partial charge in [0.2, 0.25) is 0 Å². The molecule has 1 atom stereocenters. The van der Waals surface area contributed by atoms with Crippen LogP contribution in [0.15, 0.2) is 42.0 Å². The summed E-state index contributed by atoms with van der Waals surface area (Å²) in [6.45, 7) is 4.03. The van der Waals surface area contributed by atoms with Crippen LogP contribution in [0.25, 0.3) is 5.76 Å². The maximum Gasteiger partial charge on any atom is 0.295 e. The summed E-state index contributed by atoms with van der Waals surface area (Å²) < 4.78 is 15.8. The Kier molecular flexibility index (Phi) is 7.50. The molecule has 0 bridgehead atoms. The van der Waals surface area contributed by atoms with Crippen molar-refractivity contribution in [3.8, 4) is 17.2 Å². The van der Waals surface area contributed by atoms with Crippen LogP contribution in [0.4, 0.5) is 0 Å². The first-order valence-electron chi connectivity index (χ1n) is 10.3. The zero-order valence-electron chi connectivity index (χ0n) is 18.8. The van der Waals surface area contributed by atoms with Gasteiger partial charge >= 0.3 is 0 Å². The maximum atomic E-state index is 13.0. The third kappa shape index (κ3) is 4.91. The van der Waals surface area contributed by atoms with E-state index in [0.717, 1.165) is 0 Å². The van der Waals surface area contributed by atoms with E-state index in [1.54, 1.807) is 12.1 Å². The van der Waals surface area contributed by atoms with Gasteiger partial charge in [0.1, 0.15) is 11.5 Å². The highest BCUT2D eigenvalue weighted by Crippen LogP contribution is 2.42. The number of ether oxygens (including phenoxy) is 3. The van der Waals surface area contributed by atoms with Crippen molar-refractivity contribution in [3.63, 3.8) is 0 Å². The zero-order chi connectivity index (χ0) is 24.3. The van der Waals surface area contributed by atoms with Crippen LogP contribution in [0.3, 0.4) is 0 Å². The first-order valence-corrected chi connectivity index (χ1v) is 10.7. The van der Waals surface area contributed by atoms with Crippen LogP contribution >= 0.6 is 11.6 Å². The summed E-state index contributed by atoms with van der Waals surface area (Å²) in [7, 11) is 2.87. The molecule has 176 valence electrons. The lowest BCUT2D eigenvalue weighted by Crippen LogP contribution is -2.33. The number of halogens is 1. The van der Waals surface area contributed by atoms with Crippen molar-refractivity contribution in [2.24, 2.45) is 0 Å². The van der Waals surface area contributed by atoms with Gasteiger partial charge in [0, 0.05) is 12.1 Å². The molecule has 0 aromatic heterocycles. The highest BCUT2D eigenvalue weighted by atomic mass is 35.5. The molecule has 33 heavy (non-hydrogen) atoms. The van der Waals surface area contributed by atoms with Crippen molar-refractivity contribution in [3.05, 3.63) is 58.1 Å². The molecule has 3 rings (SSSR count). The van der Waals surface area contributed by atoms with Crippen molar-refractivity contribution in [2.45, 2.75) is 26.0 Å². The Hall–Kier alpha value is -3.23. The molecule has 0 radical (unpaired) electrons. The quantitative estimate of drug-likeness (QED) is 0.338. The molecule has 1 unspecified atom stereocenters. The molecule has 1 heterocycles. The normalized spacial score (nSPS) is 17.6. The average molecular weight is 476 g/mol. The molecule has 0 aliphatic carbocycles. The van der Waals surface area contributed by atoms with Gasteiger partial charge < -0.3 is 29.3 Å². The molecule has 1 fully saturated rings. The third-order valence-electron chi connectivity index (χ3n) is 5.27. The molecule has 9 heteroatoms. The van der Waals surface area contributed by atoms with Crippen molar-refractivity contribution >= 4 is 29.1 Å². The van der Waals surface area contributed by atoms with E-state index in [9.17, 15) is 19.8 Å². The number of aromatic hydroxyl groups is 1. The molecule has 2 N–H and O–H groups in total. The molecule has 0 saturated carbocycles. The van der Waals surface area contributed by atoms with Crippen LogP contribution in [-0.2, 0) is 14.3 Å². The average Bonchev–Trinajstić information content (AvgIpc) is 3.03. The fourth-order valence-corrected chi connectivity index (χ4v) is 3.95. The molecule has 2 aromatic carbocycles. The smallest absolute Gasteiger partial charge is 0.295 e. The van der Waals surface area contributed by atoms with Gasteiger partial charge in [-0.05, 0) is 49.7 Å². The standard InChI is InChI=1S/C24H26ClNO7/c1-13(2)33-10-9-26-21(14-5-8-19(32-4)17(27)12-14)20(23(29)24(26)30)22(28)15-6-7-18(31-3)16(25)11-15/h5-8,11-13,21,27-28H,9-10H2,1-4H3/b22-20-. The molecule has 2 aromatic rings. The third-order valence-corrected chi connectivity index (χ3v) is 5.56. The van der Waals surface area contributed by atoms with Gasteiger partial charge in [0.15, 0.2) is 11.5 Å². The van der Waals surface area contributed by atoms with Crippen molar-refractivity contribution in [1.82, 2.24) is 4.90 Å². The Bertz CT molecular complexity index is 1100. The first kappa shape index (κ1) is 24.4. The lowest BCUT2D eigenvalue weighted by atomic mass is 9.95. The van der Waals surface area contributed by atoms with E-state index in [4.69, 9.17) is 25.8 Å². The Balaban J connectivity index is 2.14. The number of ketones is 1. The molecule has 8 nitrogen and oxygen atoms in total. The topological polar surface area (TPSA) is 106 Å². The van der Waals surface area contributed by atoms with E-state index in [-0.39, 0.29) is 52.7 Å². The number of likely N-dealkylation sites (tertiary alicyclic amines) is 1. The summed E-state index contributed by atoms with van der Waals surface area (Å²) in [6.07, 6.45) is -0.0632. The Morgan fingerprint density at radius 2 is 1.76 bits per heavy atom. The van der Waals surface area contributed by atoms with E-state index in [0.29, 0.717) is 11.3 Å². The number of amides is 1. The number of carbonyl (C=O) groups is 2. The lowest BCUT2D eigenvalue weighted by molar-refractivity contribution is -0.140. The number of benzene rings is 2. The number of hydrogen-bond donors (Lipinski definition) is 2. The Labute approximate surface area is 196 Å². The predicted octanol–water partition coefficient (Wildman–Crippen LogP) is 3.91. The van der Waals surface area contributed by atoms with Crippen molar-refractivity contribution in [1.29, 1.82) is 0 Å². The number of hydrogen-bond acceptors (Lipinski definition) is 7. The molecular weight excluding hydrogens is 450 g/mol. The summed E-state index contributed by atoms with van der Waals surface area (Å²) in [5.41, 5.74) is 0.563. The van der Waals surface area contributed by atoms with Crippen LogP contribution in [-0.4, -0.2) is 60.3 Å². The van der Waals surface area contributed by atoms with Gasteiger partial charge in [-0.1, -0.05) is 17.7 Å². The van der Waals surface area contributed by atoms with E-state index < -0.39 is 17.7 Å². The van der Waals surface area contributed by atoms with Gasteiger partial charge in [-0.25, -0.2) is 0 Å². The van der Waals surface area contributed by atoms with E-state index in [1.165, 1.54) is 43.4 Å². The van der Waals surface area contributed by atoms with Gasteiger partial charge in [-0.15, -0.1) is 0 Å². The number of methoxy groups -OCH3 is 2. The summed E-state index contributed by atoms with van der Waals surface area (Å²) in [6, 6.07) is 8.15. The van der Waals surface area contributed by atoms with Crippen molar-refractivity contribution in [2.75, 3.05) is 27.4 Å². The molecule has 1 saturated heterocycles. The largest absolute Gasteiger partial charge is 0.507 e. The van der Waals surface area contributed by atoms with Gasteiger partial charge in [-0.3, -0.25) is 9.59 Å². The summed E-state index contributed by atoms with van der Waals surface area (Å²) >= 11 is 6.20. The highest BCUT2D eigenvalue weighted by molar-refractivity contribution is 6.46. The summed E-state index contributed by atoms with van der Waals surface area (Å²) in [5, 5.41) is 21.6. The molecule has 1 amide bonds. The summed E-state index contributed by atoms with van der Waals surface area (Å²) in [4.78, 5) is 27.3. The highest BCUT2D eigenvalue weighted by Gasteiger charge is 2.46. The fraction of sp³-hybridized carbons (Fsp3) is 0.333. The molecular formula is C24H26ClNO7. The van der Waals surface area contributed by atoms with Crippen molar-refractivity contribution < 1.29 is 34.0 Å². The lowest BCUT2D eigenvalue weighted by Gasteiger charge is -2.26. The minimum absolute atomic E-state index is 0.0632. The number of Topliss-reactive ketones (excluding diaryl/α,β-unsaturated/α-hetero) is 1. The summed E-state index contributed by atoms with van der Waals surface area (Å²) in [5.74, 6) is -1.53. The Morgan fingerprint density at radius 3 is 2.33 bits per heavy atom. The van der Waals surface area contributed by atoms with E-state index in [2.05, 4.69) is 0 Å². The number of carbonyl (C=O) groups excluding carboxylic acids is 2.